The molecule has 4 heteroatoms. The second kappa shape index (κ2) is 6.19. The third-order valence-corrected chi connectivity index (χ3v) is 5.42. The van der Waals surface area contributed by atoms with E-state index >= 15 is 0 Å². The average molecular weight is 273 g/mol. The van der Waals surface area contributed by atoms with Crippen molar-refractivity contribution in [1.29, 1.82) is 0 Å². The van der Waals surface area contributed by atoms with Gasteiger partial charge in [0.2, 0.25) is 0 Å². The van der Waals surface area contributed by atoms with Gasteiger partial charge >= 0.3 is 0 Å². The summed E-state index contributed by atoms with van der Waals surface area (Å²) in [6.07, 6.45) is 6.53. The number of halogens is 1. The first-order chi connectivity index (χ1) is 8.26. The second-order valence-electron chi connectivity index (χ2n) is 4.98. The van der Waals surface area contributed by atoms with E-state index in [1.165, 1.54) is 37.0 Å². The Bertz CT molecular complexity index is 353. The Morgan fingerprint density at radius 2 is 2.41 bits per heavy atom. The van der Waals surface area contributed by atoms with Crippen molar-refractivity contribution in [3.63, 3.8) is 0 Å². The van der Waals surface area contributed by atoms with Crippen LogP contribution in [0.1, 0.15) is 49.9 Å². The standard InChI is InChI=1S/C13H21ClN2S/c1-2-9-4-3-5-10(8-9)12(16-15)13-11(14)6-7-17-13/h6-7,9-10,12,16H,2-5,8,15H2,1H3. The fourth-order valence-corrected chi connectivity index (χ4v) is 4.29. The summed E-state index contributed by atoms with van der Waals surface area (Å²) in [6, 6.07) is 2.20. The molecule has 3 unspecified atom stereocenters. The van der Waals surface area contributed by atoms with Crippen LogP contribution >= 0.6 is 22.9 Å². The predicted molar refractivity (Wildman–Crippen MR) is 75.1 cm³/mol. The molecule has 2 nitrogen and oxygen atoms in total. The molecule has 1 heterocycles. The molecule has 1 aliphatic rings. The highest BCUT2D eigenvalue weighted by Gasteiger charge is 2.29. The average Bonchev–Trinajstić information content (AvgIpc) is 2.77. The van der Waals surface area contributed by atoms with Gasteiger partial charge in [-0.05, 0) is 36.1 Å². The first kappa shape index (κ1) is 13.3. The Labute approximate surface area is 113 Å². The second-order valence-corrected chi connectivity index (χ2v) is 6.33. The summed E-state index contributed by atoms with van der Waals surface area (Å²) in [7, 11) is 0. The number of hydrogen-bond donors (Lipinski definition) is 2. The molecular weight excluding hydrogens is 252 g/mol. The maximum absolute atomic E-state index is 6.22. The first-order valence-corrected chi connectivity index (χ1v) is 7.71. The van der Waals surface area contributed by atoms with Crippen LogP contribution in [0.15, 0.2) is 11.4 Å². The van der Waals surface area contributed by atoms with Crippen LogP contribution < -0.4 is 11.3 Å². The number of nitrogens with one attached hydrogen (secondary N) is 1. The van der Waals surface area contributed by atoms with Gasteiger partial charge in [-0.25, -0.2) is 0 Å². The number of nitrogens with two attached hydrogens (primary N) is 1. The van der Waals surface area contributed by atoms with Crippen LogP contribution in [0.25, 0.3) is 0 Å². The summed E-state index contributed by atoms with van der Waals surface area (Å²) < 4.78 is 0. The minimum Gasteiger partial charge on any atom is -0.271 e. The molecule has 0 radical (unpaired) electrons. The summed E-state index contributed by atoms with van der Waals surface area (Å²) in [5.41, 5.74) is 2.99. The highest BCUT2D eigenvalue weighted by Crippen LogP contribution is 2.41. The quantitative estimate of drug-likeness (QED) is 0.639. The van der Waals surface area contributed by atoms with Crippen LogP contribution in [0, 0.1) is 11.8 Å². The number of hydrazine groups is 1. The zero-order valence-electron chi connectivity index (χ0n) is 10.3. The smallest absolute Gasteiger partial charge is 0.0596 e. The van der Waals surface area contributed by atoms with Crippen molar-refractivity contribution < 1.29 is 0 Å². The third kappa shape index (κ3) is 3.02. The molecule has 0 bridgehead atoms. The number of thiophene rings is 1. The summed E-state index contributed by atoms with van der Waals surface area (Å²) in [6.45, 7) is 2.29. The van der Waals surface area contributed by atoms with E-state index < -0.39 is 0 Å². The van der Waals surface area contributed by atoms with E-state index in [4.69, 9.17) is 17.4 Å². The fourth-order valence-electron chi connectivity index (χ4n) is 2.96. The van der Waals surface area contributed by atoms with Crippen molar-refractivity contribution in [3.05, 3.63) is 21.3 Å². The van der Waals surface area contributed by atoms with E-state index in [-0.39, 0.29) is 6.04 Å². The van der Waals surface area contributed by atoms with Gasteiger partial charge in [0.05, 0.1) is 11.1 Å². The lowest BCUT2D eigenvalue weighted by molar-refractivity contribution is 0.212. The van der Waals surface area contributed by atoms with Crippen LogP contribution in [0.4, 0.5) is 0 Å². The van der Waals surface area contributed by atoms with E-state index in [0.29, 0.717) is 5.92 Å². The van der Waals surface area contributed by atoms with Crippen molar-refractivity contribution in [1.82, 2.24) is 5.43 Å². The molecule has 1 fully saturated rings. The molecule has 0 amide bonds. The van der Waals surface area contributed by atoms with Crippen LogP contribution in [-0.4, -0.2) is 0 Å². The first-order valence-electron chi connectivity index (χ1n) is 6.45. The van der Waals surface area contributed by atoms with Crippen LogP contribution in [0.2, 0.25) is 5.02 Å². The third-order valence-electron chi connectivity index (χ3n) is 3.98. The molecule has 1 aromatic rings. The number of rotatable bonds is 4. The molecule has 1 aromatic heterocycles. The van der Waals surface area contributed by atoms with E-state index in [9.17, 15) is 0 Å². The molecule has 96 valence electrons. The van der Waals surface area contributed by atoms with Crippen molar-refractivity contribution >= 4 is 22.9 Å². The maximum atomic E-state index is 6.22. The Morgan fingerprint density at radius 1 is 1.59 bits per heavy atom. The largest absolute Gasteiger partial charge is 0.271 e. The SMILES string of the molecule is CCC1CCCC(C(NN)c2sccc2Cl)C1. The van der Waals surface area contributed by atoms with Crippen LogP contribution in [-0.2, 0) is 0 Å². The highest BCUT2D eigenvalue weighted by atomic mass is 35.5. The van der Waals surface area contributed by atoms with Crippen LogP contribution in [0.5, 0.6) is 0 Å². The van der Waals surface area contributed by atoms with Crippen molar-refractivity contribution in [2.45, 2.75) is 45.1 Å². The molecule has 1 saturated carbocycles. The van der Waals surface area contributed by atoms with Gasteiger partial charge in [0.25, 0.3) is 0 Å². The van der Waals surface area contributed by atoms with E-state index in [2.05, 4.69) is 12.3 Å². The van der Waals surface area contributed by atoms with Gasteiger partial charge in [-0.15, -0.1) is 11.3 Å². The minimum atomic E-state index is 0.233. The summed E-state index contributed by atoms with van der Waals surface area (Å²) >= 11 is 7.93. The van der Waals surface area contributed by atoms with E-state index in [1.807, 2.05) is 11.4 Å². The maximum Gasteiger partial charge on any atom is 0.0596 e. The van der Waals surface area contributed by atoms with Crippen molar-refractivity contribution in [2.75, 3.05) is 0 Å². The molecule has 0 aliphatic heterocycles. The van der Waals surface area contributed by atoms with Gasteiger partial charge in [-0.1, -0.05) is 37.8 Å². The van der Waals surface area contributed by atoms with Gasteiger partial charge in [0, 0.05) is 4.88 Å². The Balaban J connectivity index is 2.10. The summed E-state index contributed by atoms with van der Waals surface area (Å²) in [4.78, 5) is 1.20. The molecule has 3 N–H and O–H groups in total. The molecule has 0 aromatic carbocycles. The lowest BCUT2D eigenvalue weighted by atomic mass is 9.76. The van der Waals surface area contributed by atoms with Gasteiger partial charge < -0.3 is 0 Å². The summed E-state index contributed by atoms with van der Waals surface area (Å²) in [5.74, 6) is 7.25. The molecule has 0 spiro atoms. The van der Waals surface area contributed by atoms with Gasteiger partial charge in [-0.2, -0.15) is 0 Å². The van der Waals surface area contributed by atoms with Gasteiger partial charge in [0.15, 0.2) is 0 Å². The summed E-state index contributed by atoms with van der Waals surface area (Å²) in [5, 5.41) is 2.90. The Morgan fingerprint density at radius 3 is 3.00 bits per heavy atom. The van der Waals surface area contributed by atoms with Crippen LogP contribution in [0.3, 0.4) is 0 Å². The number of hydrogen-bond acceptors (Lipinski definition) is 3. The molecule has 3 atom stereocenters. The zero-order chi connectivity index (χ0) is 12.3. The molecule has 0 saturated heterocycles. The molecule has 17 heavy (non-hydrogen) atoms. The predicted octanol–water partition coefficient (Wildman–Crippen LogP) is 4.12. The molecule has 1 aliphatic carbocycles. The van der Waals surface area contributed by atoms with Crippen molar-refractivity contribution in [3.8, 4) is 0 Å². The van der Waals surface area contributed by atoms with Gasteiger partial charge in [-0.3, -0.25) is 11.3 Å². The van der Waals surface area contributed by atoms with E-state index in [0.717, 1.165) is 10.9 Å². The molecular formula is C13H21ClN2S. The highest BCUT2D eigenvalue weighted by molar-refractivity contribution is 7.10. The Kier molecular flexibility index (Phi) is 4.86. The lowest BCUT2D eigenvalue weighted by Gasteiger charge is -2.33. The normalized spacial score (nSPS) is 27.0. The zero-order valence-corrected chi connectivity index (χ0v) is 11.9. The fraction of sp³-hybridized carbons (Fsp3) is 0.692. The minimum absolute atomic E-state index is 0.233. The molecule has 2 rings (SSSR count). The van der Waals surface area contributed by atoms with E-state index in [1.54, 1.807) is 11.3 Å². The monoisotopic (exact) mass is 272 g/mol. The van der Waals surface area contributed by atoms with Gasteiger partial charge in [0.1, 0.15) is 0 Å². The Hall–Kier alpha value is -0.0900. The topological polar surface area (TPSA) is 38.0 Å². The lowest BCUT2D eigenvalue weighted by Crippen LogP contribution is -2.35. The van der Waals surface area contributed by atoms with Crippen molar-refractivity contribution in [2.24, 2.45) is 17.7 Å².